The average molecular weight is 262 g/mol. The summed E-state index contributed by atoms with van der Waals surface area (Å²) in [6.07, 6.45) is 5.41. The highest BCUT2D eigenvalue weighted by atomic mass is 32.1. The molecule has 96 valence electrons. The van der Waals surface area contributed by atoms with E-state index in [1.54, 1.807) is 7.11 Å². The van der Waals surface area contributed by atoms with E-state index < -0.39 is 0 Å². The van der Waals surface area contributed by atoms with Crippen molar-refractivity contribution < 1.29 is 4.74 Å². The number of nitrogens with zero attached hydrogens (tertiary/aromatic N) is 1. The van der Waals surface area contributed by atoms with Gasteiger partial charge in [0.2, 0.25) is 0 Å². The number of para-hydroxylation sites is 1. The average Bonchev–Trinajstić information content (AvgIpc) is 2.64. The Morgan fingerprint density at radius 2 is 2.28 bits per heavy atom. The molecule has 0 unspecified atom stereocenters. The molecule has 1 N–H and O–H groups in total. The van der Waals surface area contributed by atoms with E-state index in [9.17, 15) is 0 Å². The second-order valence-electron chi connectivity index (χ2n) is 5.02. The van der Waals surface area contributed by atoms with Crippen molar-refractivity contribution in [3.05, 3.63) is 23.0 Å². The summed E-state index contributed by atoms with van der Waals surface area (Å²) in [6, 6.07) is 6.08. The molecule has 0 atom stereocenters. The number of hydrogen-bond acceptors (Lipinski definition) is 2. The molecule has 3 rings (SSSR count). The van der Waals surface area contributed by atoms with E-state index in [4.69, 9.17) is 17.0 Å². The van der Waals surface area contributed by atoms with Gasteiger partial charge >= 0.3 is 0 Å². The summed E-state index contributed by atoms with van der Waals surface area (Å²) in [4.78, 5) is 3.26. The molecule has 0 aliphatic heterocycles. The van der Waals surface area contributed by atoms with E-state index in [0.29, 0.717) is 0 Å². The van der Waals surface area contributed by atoms with Gasteiger partial charge in [-0.15, -0.1) is 0 Å². The molecule has 2 aromatic rings. The van der Waals surface area contributed by atoms with Crippen molar-refractivity contribution in [1.82, 2.24) is 9.55 Å². The molecule has 0 bridgehead atoms. The number of fused-ring (bicyclic) bond motifs is 1. The maximum absolute atomic E-state index is 5.42. The molecule has 18 heavy (non-hydrogen) atoms. The zero-order valence-corrected chi connectivity index (χ0v) is 11.4. The molecule has 1 heterocycles. The van der Waals surface area contributed by atoms with Gasteiger partial charge in [-0.3, -0.25) is 0 Å². The lowest BCUT2D eigenvalue weighted by Crippen LogP contribution is -2.13. The quantitative estimate of drug-likeness (QED) is 0.847. The number of aromatic nitrogens is 2. The maximum Gasteiger partial charge on any atom is 0.178 e. The minimum absolute atomic E-state index is 0.800. The van der Waals surface area contributed by atoms with Crippen LogP contribution in [-0.2, 0) is 6.54 Å². The lowest BCUT2D eigenvalue weighted by Gasteiger charge is -2.25. The number of rotatable bonds is 4. The summed E-state index contributed by atoms with van der Waals surface area (Å²) >= 11 is 5.42. The molecule has 3 nitrogen and oxygen atoms in total. The molecule has 4 heteroatoms. The predicted molar refractivity (Wildman–Crippen MR) is 75.6 cm³/mol. The molecular weight excluding hydrogens is 244 g/mol. The molecular formula is C14H18N2OS. The van der Waals surface area contributed by atoms with E-state index in [2.05, 4.69) is 15.6 Å². The summed E-state index contributed by atoms with van der Waals surface area (Å²) < 4.78 is 8.36. The molecule has 0 saturated heterocycles. The number of aryl methyl sites for hydroxylation is 1. The highest BCUT2D eigenvalue weighted by Crippen LogP contribution is 2.31. The van der Waals surface area contributed by atoms with Gasteiger partial charge in [-0.1, -0.05) is 25.3 Å². The van der Waals surface area contributed by atoms with Gasteiger partial charge in [-0.05, 0) is 36.7 Å². The fourth-order valence-electron chi connectivity index (χ4n) is 2.64. The number of H-pyrrole nitrogens is 1. The van der Waals surface area contributed by atoms with E-state index in [1.165, 1.54) is 25.7 Å². The van der Waals surface area contributed by atoms with Crippen LogP contribution in [0, 0.1) is 10.7 Å². The fourth-order valence-corrected chi connectivity index (χ4v) is 2.93. The summed E-state index contributed by atoms with van der Waals surface area (Å²) in [5.41, 5.74) is 2.16. The molecule has 0 radical (unpaired) electrons. The van der Waals surface area contributed by atoms with Crippen LogP contribution in [-0.4, -0.2) is 16.7 Å². The number of hydrogen-bond donors (Lipinski definition) is 1. The number of nitrogens with one attached hydrogen (secondary N) is 1. The monoisotopic (exact) mass is 262 g/mol. The Hall–Kier alpha value is -1.29. The first-order valence-corrected chi connectivity index (χ1v) is 6.96. The van der Waals surface area contributed by atoms with Crippen LogP contribution in [0.2, 0.25) is 0 Å². The highest BCUT2D eigenvalue weighted by molar-refractivity contribution is 7.71. The first kappa shape index (κ1) is 11.8. The molecule has 1 aliphatic carbocycles. The van der Waals surface area contributed by atoms with Gasteiger partial charge in [-0.2, -0.15) is 0 Å². The normalized spacial score (nSPS) is 15.8. The van der Waals surface area contributed by atoms with Crippen molar-refractivity contribution in [3.8, 4) is 5.75 Å². The Morgan fingerprint density at radius 3 is 2.94 bits per heavy atom. The number of benzene rings is 1. The largest absolute Gasteiger partial charge is 0.494 e. The Kier molecular flexibility index (Phi) is 3.12. The fraction of sp³-hybridized carbons (Fsp3) is 0.500. The second-order valence-corrected chi connectivity index (χ2v) is 5.41. The SMILES string of the molecule is COc1cccc2c1[nH]c(=S)n2CCC1CCC1. The third kappa shape index (κ3) is 1.94. The Balaban J connectivity index is 1.95. The molecule has 1 aliphatic rings. The van der Waals surface area contributed by atoms with E-state index >= 15 is 0 Å². The Morgan fingerprint density at radius 1 is 1.44 bits per heavy atom. The highest BCUT2D eigenvalue weighted by Gasteiger charge is 2.18. The van der Waals surface area contributed by atoms with Crippen LogP contribution in [0.25, 0.3) is 11.0 Å². The van der Waals surface area contributed by atoms with Crippen molar-refractivity contribution in [2.75, 3.05) is 7.11 Å². The minimum Gasteiger partial charge on any atom is -0.494 e. The first-order valence-electron chi connectivity index (χ1n) is 6.55. The second kappa shape index (κ2) is 4.76. The van der Waals surface area contributed by atoms with Crippen LogP contribution in [0.5, 0.6) is 5.75 Å². The topological polar surface area (TPSA) is 29.9 Å². The van der Waals surface area contributed by atoms with Gasteiger partial charge in [0.1, 0.15) is 11.3 Å². The number of imidazole rings is 1. The van der Waals surface area contributed by atoms with E-state index in [-0.39, 0.29) is 0 Å². The zero-order chi connectivity index (χ0) is 12.5. The van der Waals surface area contributed by atoms with Crippen LogP contribution in [0.4, 0.5) is 0 Å². The minimum atomic E-state index is 0.800. The van der Waals surface area contributed by atoms with Crippen molar-refractivity contribution in [2.24, 2.45) is 5.92 Å². The van der Waals surface area contributed by atoms with Gasteiger partial charge < -0.3 is 14.3 Å². The lowest BCUT2D eigenvalue weighted by molar-refractivity contribution is 0.283. The predicted octanol–water partition coefficient (Wildman–Crippen LogP) is 3.90. The zero-order valence-electron chi connectivity index (χ0n) is 10.6. The van der Waals surface area contributed by atoms with Crippen LogP contribution in [0.15, 0.2) is 18.2 Å². The molecule has 1 saturated carbocycles. The third-order valence-corrected chi connectivity index (χ3v) is 4.30. The molecule has 1 aromatic heterocycles. The van der Waals surface area contributed by atoms with Gasteiger partial charge in [-0.25, -0.2) is 0 Å². The van der Waals surface area contributed by atoms with Gasteiger partial charge in [0.25, 0.3) is 0 Å². The van der Waals surface area contributed by atoms with Crippen LogP contribution in [0.3, 0.4) is 0 Å². The van der Waals surface area contributed by atoms with Gasteiger partial charge in [0.05, 0.1) is 12.6 Å². The summed E-state index contributed by atoms with van der Waals surface area (Å²) in [5.74, 6) is 1.77. The number of aromatic amines is 1. The first-order chi connectivity index (χ1) is 8.79. The molecule has 1 fully saturated rings. The summed E-state index contributed by atoms with van der Waals surface area (Å²) in [5, 5.41) is 0. The molecule has 0 spiro atoms. The lowest BCUT2D eigenvalue weighted by atomic mass is 9.83. The maximum atomic E-state index is 5.42. The number of methoxy groups -OCH3 is 1. The van der Waals surface area contributed by atoms with Crippen molar-refractivity contribution in [1.29, 1.82) is 0 Å². The van der Waals surface area contributed by atoms with Crippen molar-refractivity contribution in [2.45, 2.75) is 32.2 Å². The van der Waals surface area contributed by atoms with Crippen LogP contribution < -0.4 is 4.74 Å². The summed E-state index contributed by atoms with van der Waals surface area (Å²) in [7, 11) is 1.69. The molecule has 0 amide bonds. The third-order valence-electron chi connectivity index (χ3n) is 3.98. The van der Waals surface area contributed by atoms with Crippen LogP contribution >= 0.6 is 12.2 Å². The van der Waals surface area contributed by atoms with Crippen molar-refractivity contribution >= 4 is 23.3 Å². The standard InChI is InChI=1S/C14H18N2OS/c1-17-12-7-3-6-11-13(12)15-14(18)16(11)9-8-10-4-2-5-10/h3,6-7,10H,2,4-5,8-9H2,1H3,(H,15,18). The number of ether oxygens (including phenoxy) is 1. The van der Waals surface area contributed by atoms with Crippen molar-refractivity contribution in [3.63, 3.8) is 0 Å². The summed E-state index contributed by atoms with van der Waals surface area (Å²) in [6.45, 7) is 1.01. The molecule has 1 aromatic carbocycles. The van der Waals surface area contributed by atoms with Gasteiger partial charge in [0, 0.05) is 6.54 Å². The van der Waals surface area contributed by atoms with E-state index in [0.717, 1.165) is 34.0 Å². The van der Waals surface area contributed by atoms with Gasteiger partial charge in [0.15, 0.2) is 4.77 Å². The van der Waals surface area contributed by atoms with E-state index in [1.807, 2.05) is 12.1 Å². The Labute approximate surface area is 112 Å². The Bertz CT molecular complexity index is 610. The smallest absolute Gasteiger partial charge is 0.178 e. The van der Waals surface area contributed by atoms with Crippen LogP contribution in [0.1, 0.15) is 25.7 Å².